The summed E-state index contributed by atoms with van der Waals surface area (Å²) < 4.78 is 0. The van der Waals surface area contributed by atoms with Gasteiger partial charge in [-0.15, -0.1) is 0 Å². The van der Waals surface area contributed by atoms with E-state index in [1.807, 2.05) is 0 Å². The second kappa shape index (κ2) is 7.11. The number of nitrogens with zero attached hydrogens (tertiary/aromatic N) is 1. The number of benzene rings is 1. The van der Waals surface area contributed by atoms with E-state index in [0.29, 0.717) is 11.3 Å². The summed E-state index contributed by atoms with van der Waals surface area (Å²) in [6.07, 6.45) is 5.00. The Morgan fingerprint density at radius 2 is 1.75 bits per heavy atom. The molecule has 1 amide bonds. The number of carbonyl (C=O) groups excluding carboxylic acids is 1. The van der Waals surface area contributed by atoms with Gasteiger partial charge in [0.1, 0.15) is 0 Å². The fraction of sp³-hybridized carbons (Fsp3) is 0.556. The van der Waals surface area contributed by atoms with E-state index in [2.05, 4.69) is 31.3 Å². The van der Waals surface area contributed by atoms with Gasteiger partial charge in [-0.2, -0.15) is 5.10 Å². The minimum atomic E-state index is -0.644. The molecular formula is C18H26N2O4. The highest BCUT2D eigenvalue weighted by Crippen LogP contribution is 2.39. The smallest absolute Gasteiger partial charge is 0.271 e. The largest absolute Gasteiger partial charge is 0.504 e. The lowest BCUT2D eigenvalue weighted by atomic mass is 9.69. The summed E-state index contributed by atoms with van der Waals surface area (Å²) in [5.41, 5.74) is 3.78. The maximum atomic E-state index is 12.1. The molecule has 0 unspecified atom stereocenters. The normalized spacial score (nSPS) is 18.3. The van der Waals surface area contributed by atoms with Gasteiger partial charge < -0.3 is 15.3 Å². The van der Waals surface area contributed by atoms with Crippen molar-refractivity contribution in [2.45, 2.75) is 52.9 Å². The van der Waals surface area contributed by atoms with Crippen molar-refractivity contribution in [3.05, 3.63) is 17.7 Å². The summed E-state index contributed by atoms with van der Waals surface area (Å²) in [4.78, 5) is 12.1. The van der Waals surface area contributed by atoms with Crippen molar-refractivity contribution in [2.75, 3.05) is 0 Å². The lowest BCUT2D eigenvalue weighted by molar-refractivity contribution is 0.0953. The number of hydrazone groups is 1. The van der Waals surface area contributed by atoms with Crippen LogP contribution in [0.5, 0.6) is 17.2 Å². The van der Waals surface area contributed by atoms with E-state index < -0.39 is 23.2 Å². The first-order valence-electron chi connectivity index (χ1n) is 8.35. The second-order valence-electron chi connectivity index (χ2n) is 7.10. The first kappa shape index (κ1) is 18.1. The van der Waals surface area contributed by atoms with Crippen molar-refractivity contribution in [2.24, 2.45) is 16.4 Å². The van der Waals surface area contributed by atoms with E-state index in [4.69, 9.17) is 0 Å². The third-order valence-electron chi connectivity index (χ3n) is 5.23. The minimum Gasteiger partial charge on any atom is -0.504 e. The number of hydrogen-bond acceptors (Lipinski definition) is 5. The number of hydrogen-bond donors (Lipinski definition) is 4. The summed E-state index contributed by atoms with van der Waals surface area (Å²) in [7, 11) is 0. The molecule has 4 N–H and O–H groups in total. The summed E-state index contributed by atoms with van der Waals surface area (Å²) in [5, 5.41) is 32.4. The number of amides is 1. The van der Waals surface area contributed by atoms with E-state index in [1.165, 1.54) is 0 Å². The molecule has 0 atom stereocenters. The molecule has 1 aliphatic carbocycles. The first-order chi connectivity index (χ1) is 11.2. The molecule has 6 heteroatoms. The van der Waals surface area contributed by atoms with Gasteiger partial charge in [-0.3, -0.25) is 4.79 Å². The predicted molar refractivity (Wildman–Crippen MR) is 92.4 cm³/mol. The van der Waals surface area contributed by atoms with Crippen LogP contribution in [0.4, 0.5) is 0 Å². The molecule has 1 saturated carbocycles. The Bertz CT molecular complexity index is 619. The molecule has 1 aromatic rings. The lowest BCUT2D eigenvalue weighted by Crippen LogP contribution is -2.29. The van der Waals surface area contributed by atoms with Gasteiger partial charge in [-0.1, -0.05) is 27.2 Å². The van der Waals surface area contributed by atoms with E-state index in [0.717, 1.165) is 49.9 Å². The molecule has 24 heavy (non-hydrogen) atoms. The Hall–Kier alpha value is -2.24. The maximum absolute atomic E-state index is 12.1. The number of phenolic OH excluding ortho intramolecular Hbond substituents is 3. The molecule has 0 heterocycles. The number of rotatable bonds is 4. The third kappa shape index (κ3) is 3.99. The Balaban J connectivity index is 1.96. The summed E-state index contributed by atoms with van der Waals surface area (Å²) in [5.74, 6) is -1.60. The quantitative estimate of drug-likeness (QED) is 0.500. The molecule has 1 aliphatic rings. The van der Waals surface area contributed by atoms with Crippen molar-refractivity contribution in [1.82, 2.24) is 5.43 Å². The van der Waals surface area contributed by atoms with Crippen LogP contribution in [0.2, 0.25) is 0 Å². The van der Waals surface area contributed by atoms with Crippen LogP contribution in [-0.2, 0) is 0 Å². The molecule has 0 saturated heterocycles. The van der Waals surface area contributed by atoms with Gasteiger partial charge in [0.25, 0.3) is 5.91 Å². The van der Waals surface area contributed by atoms with Crippen LogP contribution in [0.1, 0.15) is 63.2 Å². The Labute approximate surface area is 142 Å². The number of aromatic hydroxyl groups is 3. The fourth-order valence-corrected chi connectivity index (χ4v) is 3.06. The number of nitrogens with one attached hydrogen (secondary N) is 1. The van der Waals surface area contributed by atoms with Crippen molar-refractivity contribution in [3.8, 4) is 17.2 Å². The van der Waals surface area contributed by atoms with Crippen LogP contribution >= 0.6 is 0 Å². The van der Waals surface area contributed by atoms with Crippen LogP contribution in [0.15, 0.2) is 17.2 Å². The van der Waals surface area contributed by atoms with Crippen LogP contribution in [0.3, 0.4) is 0 Å². The first-order valence-corrected chi connectivity index (χ1v) is 8.35. The van der Waals surface area contributed by atoms with Crippen molar-refractivity contribution in [3.63, 3.8) is 0 Å². The van der Waals surface area contributed by atoms with Gasteiger partial charge in [-0.05, 0) is 49.1 Å². The maximum Gasteiger partial charge on any atom is 0.271 e. The van der Waals surface area contributed by atoms with Gasteiger partial charge in [0.15, 0.2) is 17.2 Å². The second-order valence-corrected chi connectivity index (χ2v) is 7.10. The van der Waals surface area contributed by atoms with Gasteiger partial charge >= 0.3 is 0 Å². The molecule has 0 aliphatic heterocycles. The van der Waals surface area contributed by atoms with Crippen molar-refractivity contribution >= 4 is 11.6 Å². The van der Waals surface area contributed by atoms with E-state index in [9.17, 15) is 20.1 Å². The molecule has 6 nitrogen and oxygen atoms in total. The van der Waals surface area contributed by atoms with Crippen LogP contribution in [0, 0.1) is 11.3 Å². The molecule has 0 radical (unpaired) electrons. The van der Waals surface area contributed by atoms with Gasteiger partial charge in [0, 0.05) is 11.3 Å². The molecule has 2 rings (SSSR count). The lowest BCUT2D eigenvalue weighted by Gasteiger charge is -2.36. The summed E-state index contributed by atoms with van der Waals surface area (Å²) in [6, 6.07) is 2.18. The van der Waals surface area contributed by atoms with E-state index >= 15 is 0 Å². The Morgan fingerprint density at radius 3 is 2.25 bits per heavy atom. The monoisotopic (exact) mass is 334 g/mol. The molecule has 0 spiro atoms. The zero-order valence-corrected chi connectivity index (χ0v) is 14.5. The Morgan fingerprint density at radius 1 is 1.21 bits per heavy atom. The average Bonchev–Trinajstić information content (AvgIpc) is 2.57. The summed E-state index contributed by atoms with van der Waals surface area (Å²) in [6.45, 7) is 6.81. The Kier molecular flexibility index (Phi) is 5.36. The highest BCUT2D eigenvalue weighted by Gasteiger charge is 2.30. The number of carbonyl (C=O) groups is 1. The minimum absolute atomic E-state index is 0.0351. The third-order valence-corrected chi connectivity index (χ3v) is 5.23. The van der Waals surface area contributed by atoms with E-state index in [1.54, 1.807) is 0 Å². The van der Waals surface area contributed by atoms with E-state index in [-0.39, 0.29) is 5.56 Å². The topological polar surface area (TPSA) is 102 Å². The van der Waals surface area contributed by atoms with Crippen LogP contribution < -0.4 is 5.43 Å². The predicted octanol–water partition coefficient (Wildman–Crippen LogP) is 3.52. The highest BCUT2D eigenvalue weighted by molar-refractivity contribution is 5.96. The standard InChI is InChI=1S/C18H26N2O4/c1-4-18(2,3)12-5-7-13(8-6-12)19-20-17(24)11-9-14(21)16(23)15(22)10-11/h9-10,12,21-23H,4-8H2,1-3H3,(H,20,24). The van der Waals surface area contributed by atoms with Crippen molar-refractivity contribution in [1.29, 1.82) is 0 Å². The zero-order valence-electron chi connectivity index (χ0n) is 14.5. The fourth-order valence-electron chi connectivity index (χ4n) is 3.06. The highest BCUT2D eigenvalue weighted by atomic mass is 16.3. The summed E-state index contributed by atoms with van der Waals surface area (Å²) >= 11 is 0. The van der Waals surface area contributed by atoms with Crippen LogP contribution in [-0.4, -0.2) is 26.9 Å². The molecule has 0 bridgehead atoms. The molecular weight excluding hydrogens is 308 g/mol. The van der Waals surface area contributed by atoms with Crippen molar-refractivity contribution < 1.29 is 20.1 Å². The SMILES string of the molecule is CCC(C)(C)C1CCC(=NNC(=O)c2cc(O)c(O)c(O)c2)CC1. The molecule has 0 aromatic heterocycles. The number of phenols is 3. The zero-order chi connectivity index (χ0) is 17.9. The van der Waals surface area contributed by atoms with Gasteiger partial charge in [-0.25, -0.2) is 5.43 Å². The molecule has 1 aromatic carbocycles. The van der Waals surface area contributed by atoms with Gasteiger partial charge in [0.2, 0.25) is 0 Å². The average molecular weight is 334 g/mol. The molecule has 1 fully saturated rings. The van der Waals surface area contributed by atoms with Gasteiger partial charge in [0.05, 0.1) is 0 Å². The van der Waals surface area contributed by atoms with Crippen LogP contribution in [0.25, 0.3) is 0 Å². The molecule has 132 valence electrons.